The van der Waals surface area contributed by atoms with Crippen LogP contribution in [0.3, 0.4) is 0 Å². The van der Waals surface area contributed by atoms with E-state index in [4.69, 9.17) is 4.74 Å². The maximum Gasteiger partial charge on any atom is 0.273 e. The molecule has 1 aliphatic rings. The van der Waals surface area contributed by atoms with E-state index < -0.39 is 6.04 Å². The van der Waals surface area contributed by atoms with Crippen molar-refractivity contribution in [1.82, 2.24) is 20.1 Å². The highest BCUT2D eigenvalue weighted by molar-refractivity contribution is 6.00. The number of fused-ring (bicyclic) bond motifs is 1. The number of nitrogens with one attached hydrogen (secondary N) is 1. The quantitative estimate of drug-likeness (QED) is 0.364. The van der Waals surface area contributed by atoms with Gasteiger partial charge in [0.15, 0.2) is 0 Å². The summed E-state index contributed by atoms with van der Waals surface area (Å²) in [5.74, 6) is 1.28. The summed E-state index contributed by atoms with van der Waals surface area (Å²) in [4.78, 5) is 19.6. The maximum absolute atomic E-state index is 13.6. The number of amides is 1. The number of hydrogen-bond donors (Lipinski definition) is 2. The molecule has 1 amide bonds. The Bertz CT molecular complexity index is 1330. The van der Waals surface area contributed by atoms with E-state index in [9.17, 15) is 9.90 Å². The van der Waals surface area contributed by atoms with Gasteiger partial charge in [-0.15, -0.1) is 0 Å². The van der Waals surface area contributed by atoms with Crippen LogP contribution < -0.4 is 4.74 Å². The van der Waals surface area contributed by atoms with Crippen molar-refractivity contribution in [3.8, 4) is 22.8 Å². The van der Waals surface area contributed by atoms with Crippen molar-refractivity contribution in [2.75, 3.05) is 6.61 Å². The van der Waals surface area contributed by atoms with Gasteiger partial charge in [-0.2, -0.15) is 5.10 Å². The number of rotatable bonds is 8. The van der Waals surface area contributed by atoms with E-state index in [1.54, 1.807) is 24.5 Å². The Hall–Kier alpha value is -4.13. The summed E-state index contributed by atoms with van der Waals surface area (Å²) in [5, 5.41) is 17.9. The van der Waals surface area contributed by atoms with Crippen LogP contribution in [0.25, 0.3) is 11.3 Å². The largest absolute Gasteiger partial charge is 0.507 e. The average Bonchev–Trinajstić information content (AvgIpc) is 3.39. The van der Waals surface area contributed by atoms with Crippen molar-refractivity contribution in [3.63, 3.8) is 0 Å². The first kappa shape index (κ1) is 22.7. The number of benzene rings is 2. The highest BCUT2D eigenvalue weighted by Gasteiger charge is 2.42. The van der Waals surface area contributed by atoms with E-state index in [0.29, 0.717) is 36.0 Å². The van der Waals surface area contributed by atoms with Gasteiger partial charge in [0.1, 0.15) is 22.9 Å². The minimum atomic E-state index is -0.403. The van der Waals surface area contributed by atoms with Gasteiger partial charge in [0.25, 0.3) is 5.91 Å². The van der Waals surface area contributed by atoms with Gasteiger partial charge >= 0.3 is 0 Å². The van der Waals surface area contributed by atoms with Crippen molar-refractivity contribution in [1.29, 1.82) is 0 Å². The molecule has 178 valence electrons. The standard InChI is InChI=1S/C28H28N4O3/c1-18(2)12-14-35-21-9-5-8-20(15-21)27-24-25(22-10-3-4-11-23(22)33)30-31-26(24)28(34)32(27)17-19-7-6-13-29-16-19/h3-11,13,15-16,18,27,33H,12,14,17H2,1-2H3,(H,30,31). The normalized spacial score (nSPS) is 15.0. The number of hydrogen-bond acceptors (Lipinski definition) is 5. The van der Waals surface area contributed by atoms with Crippen LogP contribution >= 0.6 is 0 Å². The first-order valence-corrected chi connectivity index (χ1v) is 11.8. The monoisotopic (exact) mass is 468 g/mol. The van der Waals surface area contributed by atoms with Crippen molar-refractivity contribution < 1.29 is 14.6 Å². The van der Waals surface area contributed by atoms with Crippen molar-refractivity contribution in [2.45, 2.75) is 32.9 Å². The lowest BCUT2D eigenvalue weighted by Gasteiger charge is -2.27. The van der Waals surface area contributed by atoms with E-state index in [-0.39, 0.29) is 11.7 Å². The molecule has 2 N–H and O–H groups in total. The van der Waals surface area contributed by atoms with Crippen molar-refractivity contribution in [2.24, 2.45) is 5.92 Å². The highest BCUT2D eigenvalue weighted by Crippen LogP contribution is 2.45. The van der Waals surface area contributed by atoms with Crippen LogP contribution in [0.1, 0.15) is 53.5 Å². The molecule has 7 heteroatoms. The number of aromatic hydroxyl groups is 1. The highest BCUT2D eigenvalue weighted by atomic mass is 16.5. The van der Waals surface area contributed by atoms with Crippen LogP contribution in [0.5, 0.6) is 11.5 Å². The Kier molecular flexibility index (Phi) is 6.23. The minimum Gasteiger partial charge on any atom is -0.507 e. The second-order valence-corrected chi connectivity index (χ2v) is 9.18. The number of ether oxygens (including phenoxy) is 1. The molecule has 1 aliphatic heterocycles. The number of aromatic amines is 1. The summed E-state index contributed by atoms with van der Waals surface area (Å²) >= 11 is 0. The van der Waals surface area contributed by atoms with Gasteiger partial charge in [-0.05, 0) is 53.8 Å². The molecule has 3 heterocycles. The lowest BCUT2D eigenvalue weighted by molar-refractivity contribution is 0.0729. The van der Waals surface area contributed by atoms with Gasteiger partial charge in [0, 0.05) is 30.1 Å². The van der Waals surface area contributed by atoms with Gasteiger partial charge in [-0.25, -0.2) is 0 Å². The zero-order chi connectivity index (χ0) is 24.4. The number of nitrogens with zero attached hydrogens (tertiary/aromatic N) is 3. The van der Waals surface area contributed by atoms with Crippen molar-refractivity contribution in [3.05, 3.63) is 95.4 Å². The SMILES string of the molecule is CC(C)CCOc1cccc(C2c3c(-c4ccccc4O)n[nH]c3C(=O)N2Cc2cccnc2)c1. The third kappa shape index (κ3) is 4.49. The first-order chi connectivity index (χ1) is 17.0. The minimum absolute atomic E-state index is 0.115. The molecule has 0 fully saturated rings. The third-order valence-corrected chi connectivity index (χ3v) is 6.24. The van der Waals surface area contributed by atoms with Crippen molar-refractivity contribution >= 4 is 5.91 Å². The van der Waals surface area contributed by atoms with E-state index in [2.05, 4.69) is 29.0 Å². The van der Waals surface area contributed by atoms with Crippen LogP contribution in [0.2, 0.25) is 0 Å². The van der Waals surface area contributed by atoms with E-state index in [1.807, 2.05) is 53.4 Å². The topological polar surface area (TPSA) is 91.3 Å². The number of aromatic nitrogens is 3. The Morgan fingerprint density at radius 3 is 2.74 bits per heavy atom. The lowest BCUT2D eigenvalue weighted by Crippen LogP contribution is -2.29. The fourth-order valence-electron chi connectivity index (χ4n) is 4.46. The van der Waals surface area contributed by atoms with Gasteiger partial charge in [0.05, 0.1) is 12.6 Å². The molecule has 0 radical (unpaired) electrons. The molecule has 2 aromatic heterocycles. The van der Waals surface area contributed by atoms with Gasteiger partial charge in [-0.3, -0.25) is 14.9 Å². The molecule has 4 aromatic rings. The summed E-state index contributed by atoms with van der Waals surface area (Å²) in [6, 6.07) is 18.3. The Morgan fingerprint density at radius 2 is 1.97 bits per heavy atom. The van der Waals surface area contributed by atoms with Crippen LogP contribution in [-0.2, 0) is 6.54 Å². The fraction of sp³-hybridized carbons (Fsp3) is 0.250. The molecule has 2 aromatic carbocycles. The summed E-state index contributed by atoms with van der Waals surface area (Å²) in [5.41, 5.74) is 4.17. The number of carbonyl (C=O) groups excluding carboxylic acids is 1. The van der Waals surface area contributed by atoms with Crippen LogP contribution in [-0.4, -0.2) is 37.7 Å². The van der Waals surface area contributed by atoms with Gasteiger partial charge in [-0.1, -0.05) is 44.2 Å². The molecular weight excluding hydrogens is 440 g/mol. The Balaban J connectivity index is 1.58. The number of H-pyrrole nitrogens is 1. The molecule has 0 bridgehead atoms. The zero-order valence-corrected chi connectivity index (χ0v) is 19.8. The summed E-state index contributed by atoms with van der Waals surface area (Å²) in [6.07, 6.45) is 4.45. The molecule has 35 heavy (non-hydrogen) atoms. The van der Waals surface area contributed by atoms with E-state index in [0.717, 1.165) is 28.9 Å². The first-order valence-electron chi connectivity index (χ1n) is 11.8. The Morgan fingerprint density at radius 1 is 1.11 bits per heavy atom. The number of pyridine rings is 1. The van der Waals surface area contributed by atoms with Crippen LogP contribution in [0, 0.1) is 5.92 Å². The zero-order valence-electron chi connectivity index (χ0n) is 19.8. The van der Waals surface area contributed by atoms with Gasteiger partial charge in [0.2, 0.25) is 0 Å². The smallest absolute Gasteiger partial charge is 0.273 e. The summed E-state index contributed by atoms with van der Waals surface area (Å²) < 4.78 is 6.02. The average molecular weight is 469 g/mol. The molecule has 5 rings (SSSR count). The van der Waals surface area contributed by atoms with Gasteiger partial charge < -0.3 is 14.7 Å². The maximum atomic E-state index is 13.6. The second kappa shape index (κ2) is 9.62. The molecule has 1 atom stereocenters. The van der Waals surface area contributed by atoms with Crippen LogP contribution in [0.4, 0.5) is 0 Å². The summed E-state index contributed by atoms with van der Waals surface area (Å²) in [6.45, 7) is 5.35. The number of carbonyl (C=O) groups is 1. The van der Waals surface area contributed by atoms with E-state index in [1.165, 1.54) is 0 Å². The molecule has 0 spiro atoms. The second-order valence-electron chi connectivity index (χ2n) is 9.18. The number of phenols is 1. The fourth-order valence-corrected chi connectivity index (χ4v) is 4.46. The molecule has 7 nitrogen and oxygen atoms in total. The van der Waals surface area contributed by atoms with E-state index >= 15 is 0 Å². The lowest BCUT2D eigenvalue weighted by atomic mass is 9.95. The molecular formula is C28H28N4O3. The molecule has 0 saturated heterocycles. The predicted octanol–water partition coefficient (Wildman–Crippen LogP) is 5.35. The number of para-hydroxylation sites is 1. The molecule has 1 unspecified atom stereocenters. The molecule has 0 aliphatic carbocycles. The summed E-state index contributed by atoms with van der Waals surface area (Å²) in [7, 11) is 0. The predicted molar refractivity (Wildman–Crippen MR) is 133 cm³/mol. The third-order valence-electron chi connectivity index (χ3n) is 6.24. The number of phenolic OH excluding ortho intramolecular Hbond substituents is 1. The Labute approximate surface area is 204 Å². The molecule has 0 saturated carbocycles. The van der Waals surface area contributed by atoms with Crippen LogP contribution in [0.15, 0.2) is 73.1 Å².